The molecule has 6 nitrogen and oxygen atoms in total. The Morgan fingerprint density at radius 2 is 2.56 bits per heavy atom. The molecule has 3 rings (SSSR count). The maximum Gasteiger partial charge on any atom is 0.254 e. The van der Waals surface area contributed by atoms with E-state index < -0.39 is 0 Å². The molecule has 1 aromatic heterocycles. The van der Waals surface area contributed by atoms with Gasteiger partial charge in [0.05, 0.1) is 23.9 Å². The Labute approximate surface area is 106 Å². The van der Waals surface area contributed by atoms with Crippen LogP contribution in [0.5, 0.6) is 0 Å². The van der Waals surface area contributed by atoms with E-state index in [0.717, 1.165) is 26.0 Å². The second-order valence-electron chi connectivity index (χ2n) is 4.98. The number of rotatable bonds is 2. The van der Waals surface area contributed by atoms with Gasteiger partial charge >= 0.3 is 0 Å². The maximum absolute atomic E-state index is 12.0. The molecule has 2 saturated heterocycles. The Bertz CT molecular complexity index is 445. The third kappa shape index (κ3) is 2.13. The normalized spacial score (nSPS) is 31.1. The first-order valence-corrected chi connectivity index (χ1v) is 6.38. The molecule has 0 spiro atoms. The molecule has 2 fully saturated rings. The van der Waals surface area contributed by atoms with E-state index in [-0.39, 0.29) is 18.1 Å². The SMILES string of the molecule is Cn1cc(C(=O)N[C@@H]2CN[C@@H]3CCCO[C@@H]32)cn1. The van der Waals surface area contributed by atoms with Gasteiger partial charge in [-0.3, -0.25) is 9.48 Å². The number of aromatic nitrogens is 2. The standard InChI is InChI=1S/C12H18N4O2/c1-16-7-8(5-14-16)12(17)15-10-6-13-9-3-2-4-18-11(9)10/h5,7,9-11,13H,2-4,6H2,1H3,(H,15,17)/t9-,10-,11+/m1/s1. The van der Waals surface area contributed by atoms with Gasteiger partial charge in [0, 0.05) is 32.4 Å². The molecule has 2 aliphatic heterocycles. The number of amides is 1. The average Bonchev–Trinajstić information content (AvgIpc) is 2.97. The third-order valence-corrected chi connectivity index (χ3v) is 3.65. The van der Waals surface area contributed by atoms with Crippen molar-refractivity contribution < 1.29 is 9.53 Å². The summed E-state index contributed by atoms with van der Waals surface area (Å²) in [7, 11) is 1.80. The number of ether oxygens (including phenoxy) is 1. The molecular formula is C12H18N4O2. The zero-order valence-corrected chi connectivity index (χ0v) is 10.4. The number of hydrogen-bond acceptors (Lipinski definition) is 4. The van der Waals surface area contributed by atoms with Crippen molar-refractivity contribution >= 4 is 5.91 Å². The van der Waals surface area contributed by atoms with Gasteiger partial charge in [0.1, 0.15) is 0 Å². The Morgan fingerprint density at radius 3 is 3.33 bits per heavy atom. The average molecular weight is 250 g/mol. The summed E-state index contributed by atoms with van der Waals surface area (Å²) in [5, 5.41) is 10.4. The van der Waals surface area contributed by atoms with Gasteiger partial charge in [-0.25, -0.2) is 0 Å². The van der Waals surface area contributed by atoms with Crippen LogP contribution in [0.1, 0.15) is 23.2 Å². The van der Waals surface area contributed by atoms with E-state index in [1.54, 1.807) is 24.1 Å². The quantitative estimate of drug-likeness (QED) is 0.754. The van der Waals surface area contributed by atoms with Crippen LogP contribution in [0.25, 0.3) is 0 Å². The molecule has 0 aliphatic carbocycles. The molecule has 2 N–H and O–H groups in total. The lowest BCUT2D eigenvalue weighted by atomic mass is 10.0. The van der Waals surface area contributed by atoms with Crippen LogP contribution in [0.4, 0.5) is 0 Å². The largest absolute Gasteiger partial charge is 0.374 e. The highest BCUT2D eigenvalue weighted by Crippen LogP contribution is 2.21. The van der Waals surface area contributed by atoms with Gasteiger partial charge in [0.25, 0.3) is 5.91 Å². The van der Waals surface area contributed by atoms with Crippen molar-refractivity contribution in [3.63, 3.8) is 0 Å². The second-order valence-corrected chi connectivity index (χ2v) is 4.98. The van der Waals surface area contributed by atoms with Crippen LogP contribution in [-0.4, -0.2) is 47.0 Å². The van der Waals surface area contributed by atoms with Crippen LogP contribution in [0.2, 0.25) is 0 Å². The molecule has 2 aliphatic rings. The van der Waals surface area contributed by atoms with Crippen LogP contribution >= 0.6 is 0 Å². The molecule has 0 bridgehead atoms. The Kier molecular flexibility index (Phi) is 3.05. The van der Waals surface area contributed by atoms with Gasteiger partial charge in [-0.2, -0.15) is 5.10 Å². The summed E-state index contributed by atoms with van der Waals surface area (Å²) in [6.07, 6.45) is 5.63. The lowest BCUT2D eigenvalue weighted by molar-refractivity contribution is -0.00214. The van der Waals surface area contributed by atoms with Gasteiger partial charge in [0.2, 0.25) is 0 Å². The van der Waals surface area contributed by atoms with E-state index >= 15 is 0 Å². The molecule has 98 valence electrons. The molecule has 1 aromatic rings. The lowest BCUT2D eigenvalue weighted by Crippen LogP contribution is -2.47. The highest BCUT2D eigenvalue weighted by Gasteiger charge is 2.39. The number of fused-ring (bicyclic) bond motifs is 1. The van der Waals surface area contributed by atoms with Gasteiger partial charge in [-0.15, -0.1) is 0 Å². The molecular weight excluding hydrogens is 232 g/mol. The number of nitrogens with one attached hydrogen (secondary N) is 2. The minimum atomic E-state index is -0.0790. The molecule has 0 aromatic carbocycles. The van der Waals surface area contributed by atoms with Crippen LogP contribution < -0.4 is 10.6 Å². The first-order valence-electron chi connectivity index (χ1n) is 6.38. The predicted molar refractivity (Wildman–Crippen MR) is 65.2 cm³/mol. The van der Waals surface area contributed by atoms with Gasteiger partial charge < -0.3 is 15.4 Å². The van der Waals surface area contributed by atoms with E-state index in [2.05, 4.69) is 15.7 Å². The first-order chi connectivity index (χ1) is 8.74. The fraction of sp³-hybridized carbons (Fsp3) is 0.667. The molecule has 18 heavy (non-hydrogen) atoms. The summed E-state index contributed by atoms with van der Waals surface area (Å²) >= 11 is 0. The molecule has 3 heterocycles. The zero-order valence-electron chi connectivity index (χ0n) is 10.4. The molecule has 1 amide bonds. The minimum absolute atomic E-state index is 0.0583. The van der Waals surface area contributed by atoms with Crippen molar-refractivity contribution in [2.24, 2.45) is 7.05 Å². The number of carbonyl (C=O) groups is 1. The Balaban J connectivity index is 1.64. The minimum Gasteiger partial charge on any atom is -0.374 e. The summed E-state index contributed by atoms with van der Waals surface area (Å²) in [5.41, 5.74) is 0.594. The van der Waals surface area contributed by atoms with Crippen LogP contribution in [0.3, 0.4) is 0 Å². The highest BCUT2D eigenvalue weighted by molar-refractivity contribution is 5.93. The van der Waals surface area contributed by atoms with E-state index in [4.69, 9.17) is 4.74 Å². The Hall–Kier alpha value is -1.40. The smallest absolute Gasteiger partial charge is 0.254 e. The van der Waals surface area contributed by atoms with Gasteiger partial charge in [-0.1, -0.05) is 0 Å². The van der Waals surface area contributed by atoms with Gasteiger partial charge in [0.15, 0.2) is 0 Å². The maximum atomic E-state index is 12.0. The predicted octanol–water partition coefficient (Wildman–Crippen LogP) is -0.331. The highest BCUT2D eigenvalue weighted by atomic mass is 16.5. The summed E-state index contributed by atoms with van der Waals surface area (Å²) in [4.78, 5) is 12.0. The van der Waals surface area contributed by atoms with E-state index in [9.17, 15) is 4.79 Å². The first kappa shape index (κ1) is 11.7. The molecule has 6 heteroatoms. The summed E-state index contributed by atoms with van der Waals surface area (Å²) in [6, 6.07) is 0.445. The summed E-state index contributed by atoms with van der Waals surface area (Å²) < 4.78 is 7.39. The Morgan fingerprint density at radius 1 is 1.67 bits per heavy atom. The van der Waals surface area contributed by atoms with Crippen molar-refractivity contribution in [1.82, 2.24) is 20.4 Å². The van der Waals surface area contributed by atoms with Crippen LogP contribution in [-0.2, 0) is 11.8 Å². The zero-order chi connectivity index (χ0) is 12.5. The van der Waals surface area contributed by atoms with Crippen LogP contribution in [0, 0.1) is 0 Å². The lowest BCUT2D eigenvalue weighted by Gasteiger charge is -2.29. The third-order valence-electron chi connectivity index (χ3n) is 3.65. The summed E-state index contributed by atoms with van der Waals surface area (Å²) in [5.74, 6) is -0.0790. The van der Waals surface area contributed by atoms with Crippen molar-refractivity contribution in [2.45, 2.75) is 31.0 Å². The second kappa shape index (κ2) is 4.70. The monoisotopic (exact) mass is 250 g/mol. The van der Waals surface area contributed by atoms with Crippen molar-refractivity contribution in [3.8, 4) is 0 Å². The van der Waals surface area contributed by atoms with E-state index in [1.165, 1.54) is 0 Å². The fourth-order valence-electron chi connectivity index (χ4n) is 2.74. The number of hydrogen-bond donors (Lipinski definition) is 2. The molecule has 0 saturated carbocycles. The fourth-order valence-corrected chi connectivity index (χ4v) is 2.74. The van der Waals surface area contributed by atoms with Crippen molar-refractivity contribution in [1.29, 1.82) is 0 Å². The molecule has 0 radical (unpaired) electrons. The van der Waals surface area contributed by atoms with E-state index in [0.29, 0.717) is 11.6 Å². The molecule has 0 unspecified atom stereocenters. The van der Waals surface area contributed by atoms with Crippen LogP contribution in [0.15, 0.2) is 12.4 Å². The number of nitrogens with zero attached hydrogens (tertiary/aromatic N) is 2. The number of aryl methyl sites for hydroxylation is 1. The topological polar surface area (TPSA) is 68.2 Å². The summed E-state index contributed by atoms with van der Waals surface area (Å²) in [6.45, 7) is 1.57. The van der Waals surface area contributed by atoms with E-state index in [1.807, 2.05) is 0 Å². The van der Waals surface area contributed by atoms with Crippen molar-refractivity contribution in [3.05, 3.63) is 18.0 Å². The number of carbonyl (C=O) groups excluding carboxylic acids is 1. The molecule has 3 atom stereocenters. The van der Waals surface area contributed by atoms with Gasteiger partial charge in [-0.05, 0) is 12.8 Å². The van der Waals surface area contributed by atoms with Crippen molar-refractivity contribution in [2.75, 3.05) is 13.2 Å².